The van der Waals surface area contributed by atoms with Crippen LogP contribution in [0.1, 0.15) is 259 Å². The highest BCUT2D eigenvalue weighted by Gasteiger charge is 2.24. The largest absolute Gasteiger partial charge is 0.464 e. The van der Waals surface area contributed by atoms with Crippen LogP contribution in [0.25, 0.3) is 0 Å². The van der Waals surface area contributed by atoms with E-state index in [0.717, 1.165) is 89.9 Å². The Kier molecular flexibility index (Phi) is 44.1. The number of hydrogen-bond donors (Lipinski definition) is 4. The number of carbonyl (C=O) groups is 6. The molecule has 374 valence electrons. The predicted octanol–water partition coefficient (Wildman–Crippen LogP) is 11.4. The molecule has 12 heteroatoms. The number of hydrogen-bond acceptors (Lipinski definition) is 8. The van der Waals surface area contributed by atoms with E-state index in [1.54, 1.807) is 13.8 Å². The molecule has 0 saturated heterocycles. The summed E-state index contributed by atoms with van der Waals surface area (Å²) in [4.78, 5) is 75.2. The second kappa shape index (κ2) is 46.4. The molecule has 0 aliphatic carbocycles. The standard InChI is InChI=1S/C52H98N4O8/c1-5-9-11-13-15-17-19-21-25-29-33-37-49(59)55-45(51(61)63-7-3)39-41-47(57)53-43-35-31-27-23-24-28-32-36-44-54-48(58)42-40-46(52(62)64-8-4)56-50(60)38-34-30-26-22-20-18-16-14-12-10-6-2/h45-46H,5-44H2,1-4H3,(H,53,57)(H,54,58)(H,55,59)(H,56,60)/t45-,46-/m0/s1. The van der Waals surface area contributed by atoms with Gasteiger partial charge in [0.25, 0.3) is 0 Å². The number of carbonyl (C=O) groups excluding carboxylic acids is 6. The zero-order valence-corrected chi connectivity index (χ0v) is 41.7. The summed E-state index contributed by atoms with van der Waals surface area (Å²) >= 11 is 0. The Morgan fingerprint density at radius 3 is 0.875 bits per heavy atom. The van der Waals surface area contributed by atoms with Crippen LogP contribution in [0, 0.1) is 0 Å². The quantitative estimate of drug-likeness (QED) is 0.0345. The molecule has 0 heterocycles. The van der Waals surface area contributed by atoms with E-state index in [2.05, 4.69) is 35.1 Å². The second-order valence-corrected chi connectivity index (χ2v) is 17.9. The Bertz CT molecular complexity index is 1080. The average Bonchev–Trinajstić information content (AvgIpc) is 3.27. The molecule has 0 unspecified atom stereocenters. The van der Waals surface area contributed by atoms with E-state index in [9.17, 15) is 28.8 Å². The van der Waals surface area contributed by atoms with Crippen molar-refractivity contribution in [2.45, 2.75) is 271 Å². The fourth-order valence-electron chi connectivity index (χ4n) is 7.91. The van der Waals surface area contributed by atoms with Crippen molar-refractivity contribution in [3.63, 3.8) is 0 Å². The van der Waals surface area contributed by atoms with Gasteiger partial charge in [-0.2, -0.15) is 0 Å². The van der Waals surface area contributed by atoms with Crippen LogP contribution in [0.2, 0.25) is 0 Å². The van der Waals surface area contributed by atoms with E-state index in [0.29, 0.717) is 25.9 Å². The lowest BCUT2D eigenvalue weighted by atomic mass is 10.0. The van der Waals surface area contributed by atoms with Gasteiger partial charge in [-0.3, -0.25) is 19.2 Å². The molecule has 0 aromatic rings. The fraction of sp³-hybridized carbons (Fsp3) is 0.885. The highest BCUT2D eigenvalue weighted by atomic mass is 16.5. The summed E-state index contributed by atoms with van der Waals surface area (Å²) in [7, 11) is 0. The van der Waals surface area contributed by atoms with Gasteiger partial charge in [0, 0.05) is 38.8 Å². The fourth-order valence-corrected chi connectivity index (χ4v) is 7.91. The van der Waals surface area contributed by atoms with Crippen molar-refractivity contribution in [3.8, 4) is 0 Å². The summed E-state index contributed by atoms with van der Waals surface area (Å²) in [5.41, 5.74) is 0. The molecular formula is C52H98N4O8. The summed E-state index contributed by atoms with van der Waals surface area (Å²) < 4.78 is 10.3. The minimum absolute atomic E-state index is 0.128. The van der Waals surface area contributed by atoms with Crippen LogP contribution < -0.4 is 21.3 Å². The van der Waals surface area contributed by atoms with Crippen molar-refractivity contribution < 1.29 is 38.2 Å². The molecule has 4 amide bonds. The molecule has 2 atom stereocenters. The van der Waals surface area contributed by atoms with Crippen LogP contribution >= 0.6 is 0 Å². The maximum Gasteiger partial charge on any atom is 0.328 e. The lowest BCUT2D eigenvalue weighted by molar-refractivity contribution is -0.148. The Balaban J connectivity index is 4.03. The van der Waals surface area contributed by atoms with Gasteiger partial charge >= 0.3 is 11.9 Å². The van der Waals surface area contributed by atoms with Crippen molar-refractivity contribution in [3.05, 3.63) is 0 Å². The first-order chi connectivity index (χ1) is 31.2. The topological polar surface area (TPSA) is 169 Å². The summed E-state index contributed by atoms with van der Waals surface area (Å²) in [6.07, 6.45) is 36.3. The number of rotatable bonds is 47. The van der Waals surface area contributed by atoms with Crippen LogP contribution in [0.5, 0.6) is 0 Å². The Morgan fingerprint density at radius 1 is 0.328 bits per heavy atom. The monoisotopic (exact) mass is 907 g/mol. The molecule has 4 N–H and O–H groups in total. The molecule has 0 aliphatic heterocycles. The zero-order valence-electron chi connectivity index (χ0n) is 41.7. The van der Waals surface area contributed by atoms with E-state index in [1.807, 2.05) is 0 Å². The summed E-state index contributed by atoms with van der Waals surface area (Å²) in [6, 6.07) is -1.63. The molecule has 0 saturated carbocycles. The Labute approximate surface area is 391 Å². The van der Waals surface area contributed by atoms with E-state index < -0.39 is 24.0 Å². The third kappa shape index (κ3) is 40.3. The minimum atomic E-state index is -0.813. The molecule has 0 aromatic carbocycles. The third-order valence-electron chi connectivity index (χ3n) is 11.9. The van der Waals surface area contributed by atoms with Crippen molar-refractivity contribution in [2.24, 2.45) is 0 Å². The summed E-state index contributed by atoms with van der Waals surface area (Å²) in [6.45, 7) is 9.55. The maximum absolute atomic E-state index is 12.6. The highest BCUT2D eigenvalue weighted by Crippen LogP contribution is 2.14. The first-order valence-corrected chi connectivity index (χ1v) is 26.6. The number of esters is 2. The van der Waals surface area contributed by atoms with Gasteiger partial charge in [0.2, 0.25) is 23.6 Å². The molecule has 0 fully saturated rings. The molecule has 0 aromatic heterocycles. The number of unbranched alkanes of at least 4 members (excludes halogenated alkanes) is 27. The van der Waals surface area contributed by atoms with Crippen LogP contribution in [0.3, 0.4) is 0 Å². The van der Waals surface area contributed by atoms with Crippen LogP contribution in [-0.4, -0.2) is 74.0 Å². The Morgan fingerprint density at radius 2 is 0.594 bits per heavy atom. The van der Waals surface area contributed by atoms with Gasteiger partial charge in [0.05, 0.1) is 13.2 Å². The van der Waals surface area contributed by atoms with Crippen LogP contribution in [0.4, 0.5) is 0 Å². The van der Waals surface area contributed by atoms with Gasteiger partial charge in [-0.05, 0) is 52.4 Å². The third-order valence-corrected chi connectivity index (χ3v) is 11.9. The number of ether oxygens (including phenoxy) is 2. The first-order valence-electron chi connectivity index (χ1n) is 26.6. The van der Waals surface area contributed by atoms with Gasteiger partial charge in [-0.1, -0.05) is 181 Å². The molecule has 64 heavy (non-hydrogen) atoms. The van der Waals surface area contributed by atoms with E-state index in [4.69, 9.17) is 9.47 Å². The molecule has 0 rings (SSSR count). The van der Waals surface area contributed by atoms with Crippen molar-refractivity contribution in [2.75, 3.05) is 26.3 Å². The normalized spacial score (nSPS) is 12.0. The van der Waals surface area contributed by atoms with Gasteiger partial charge in [0.1, 0.15) is 12.1 Å². The summed E-state index contributed by atoms with van der Waals surface area (Å²) in [5.74, 6) is -1.57. The van der Waals surface area contributed by atoms with Gasteiger partial charge in [-0.15, -0.1) is 0 Å². The molecular weight excluding hydrogens is 809 g/mol. The second-order valence-electron chi connectivity index (χ2n) is 17.9. The smallest absolute Gasteiger partial charge is 0.328 e. The predicted molar refractivity (Wildman–Crippen MR) is 261 cm³/mol. The first kappa shape index (κ1) is 60.8. The SMILES string of the molecule is CCCCCCCCCCCCCC(=O)N[C@@H](CCC(=O)NCCCCCCCCCCNC(=O)CC[C@H](NC(=O)CCCCCCCCCCCCC)C(=O)OCC)C(=O)OCC. The molecule has 0 radical (unpaired) electrons. The lowest BCUT2D eigenvalue weighted by Crippen LogP contribution is -2.42. The van der Waals surface area contributed by atoms with Crippen molar-refractivity contribution >= 4 is 35.6 Å². The van der Waals surface area contributed by atoms with Gasteiger partial charge in [-0.25, -0.2) is 9.59 Å². The van der Waals surface area contributed by atoms with Gasteiger partial charge < -0.3 is 30.7 Å². The van der Waals surface area contributed by atoms with Crippen LogP contribution in [0.15, 0.2) is 0 Å². The molecule has 0 bridgehead atoms. The average molecular weight is 907 g/mol. The molecule has 0 spiro atoms. The number of nitrogens with one attached hydrogen (secondary N) is 4. The lowest BCUT2D eigenvalue weighted by Gasteiger charge is -2.17. The molecule has 0 aliphatic rings. The van der Waals surface area contributed by atoms with E-state index >= 15 is 0 Å². The van der Waals surface area contributed by atoms with Crippen molar-refractivity contribution in [1.82, 2.24) is 21.3 Å². The highest BCUT2D eigenvalue weighted by molar-refractivity contribution is 5.86. The zero-order chi connectivity index (χ0) is 47.1. The van der Waals surface area contributed by atoms with Gasteiger partial charge in [0.15, 0.2) is 0 Å². The van der Waals surface area contributed by atoms with E-state index in [1.165, 1.54) is 103 Å². The van der Waals surface area contributed by atoms with Crippen molar-refractivity contribution in [1.29, 1.82) is 0 Å². The summed E-state index contributed by atoms with van der Waals surface area (Å²) in [5, 5.41) is 11.5. The van der Waals surface area contributed by atoms with E-state index in [-0.39, 0.29) is 62.5 Å². The van der Waals surface area contributed by atoms with Crippen LogP contribution in [-0.2, 0) is 38.2 Å². The minimum Gasteiger partial charge on any atom is -0.464 e. The molecule has 12 nitrogen and oxygen atoms in total. The Hall–Kier alpha value is -3.18. The maximum atomic E-state index is 12.6. The number of amides is 4.